The van der Waals surface area contributed by atoms with Crippen LogP contribution in [0.3, 0.4) is 0 Å². The monoisotopic (exact) mass is 919 g/mol. The summed E-state index contributed by atoms with van der Waals surface area (Å²) in [5, 5.41) is 7.01. The van der Waals surface area contributed by atoms with E-state index < -0.39 is 0 Å². The Balaban J connectivity index is 0.000000158. The summed E-state index contributed by atoms with van der Waals surface area (Å²) in [6, 6.07) is 45.4. The number of fused-ring (bicyclic) bond motifs is 12. The second kappa shape index (κ2) is 15.4. The smallest absolute Gasteiger partial charge is 0.0777 e. The summed E-state index contributed by atoms with van der Waals surface area (Å²) in [6.07, 6.45) is 6.71. The van der Waals surface area contributed by atoms with Crippen LogP contribution >= 0.6 is 0 Å². The minimum Gasteiger partial charge on any atom is -0.339 e. The molecule has 0 aliphatic heterocycles. The molecular weight excluding hydrogens is 873 g/mol. The van der Waals surface area contributed by atoms with Gasteiger partial charge in [0, 0.05) is 54.7 Å². The third kappa shape index (κ3) is 6.73. The van der Waals surface area contributed by atoms with Gasteiger partial charge in [-0.05, 0) is 97.7 Å². The molecule has 10 rings (SSSR count). The summed E-state index contributed by atoms with van der Waals surface area (Å²) in [4.78, 5) is 10.2. The predicted octanol–water partition coefficient (Wildman–Crippen LogP) is 13.3. The number of para-hydroxylation sites is 2. The number of hydrogen-bond acceptors (Lipinski definition) is 2. The molecule has 0 N–H and O–H groups in total. The van der Waals surface area contributed by atoms with Crippen molar-refractivity contribution >= 4 is 54.6 Å². The SMILES string of the molecule is CCC(C)Cc1cc(C)c(-c2cn3c4ccccc4c4ccc[c-]c4c3n2)c(C)c1.Cc1cc(C)c(-c2cn3c4ccccc4c4ccc[c-]c4c3n2)c(C)c1.[Ir]. The first-order valence-electron chi connectivity index (χ1n) is 19.8. The number of pyridine rings is 2. The molecule has 0 saturated heterocycles. The van der Waals surface area contributed by atoms with E-state index in [9.17, 15) is 0 Å². The zero-order chi connectivity index (χ0) is 38.7. The number of nitrogens with zero attached hydrogens (tertiary/aromatic N) is 4. The molecule has 10 aromatic rings. The number of aryl methyl sites for hydroxylation is 5. The Labute approximate surface area is 348 Å². The van der Waals surface area contributed by atoms with Gasteiger partial charge in [-0.1, -0.05) is 97.3 Å². The van der Waals surface area contributed by atoms with E-state index in [-0.39, 0.29) is 20.1 Å². The van der Waals surface area contributed by atoms with Gasteiger partial charge < -0.3 is 8.80 Å². The van der Waals surface area contributed by atoms with Crippen LogP contribution in [0.15, 0.2) is 122 Å². The molecule has 0 aliphatic carbocycles. The molecule has 0 aliphatic rings. The second-order valence-corrected chi connectivity index (χ2v) is 15.7. The Morgan fingerprint density at radius 2 is 0.982 bits per heavy atom. The average Bonchev–Trinajstić information content (AvgIpc) is 3.84. The predicted molar refractivity (Wildman–Crippen MR) is 236 cm³/mol. The summed E-state index contributed by atoms with van der Waals surface area (Å²) in [6.45, 7) is 15.5. The number of imidazole rings is 2. The average molecular weight is 919 g/mol. The van der Waals surface area contributed by atoms with E-state index >= 15 is 0 Å². The molecule has 0 amide bonds. The Bertz CT molecular complexity index is 2940. The van der Waals surface area contributed by atoms with Gasteiger partial charge in [0.25, 0.3) is 0 Å². The van der Waals surface area contributed by atoms with Crippen molar-refractivity contribution in [2.45, 2.75) is 61.3 Å². The van der Waals surface area contributed by atoms with Gasteiger partial charge in [-0.25, -0.2) is 0 Å². The van der Waals surface area contributed by atoms with Crippen molar-refractivity contribution in [3.8, 4) is 22.5 Å². The van der Waals surface area contributed by atoms with E-state index in [4.69, 9.17) is 9.97 Å². The Morgan fingerprint density at radius 1 is 0.561 bits per heavy atom. The van der Waals surface area contributed by atoms with Crippen LogP contribution in [0.5, 0.6) is 0 Å². The minimum atomic E-state index is 0. The zero-order valence-electron chi connectivity index (χ0n) is 33.7. The summed E-state index contributed by atoms with van der Waals surface area (Å²) in [5.41, 5.74) is 16.7. The van der Waals surface area contributed by atoms with Crippen LogP contribution in [0.2, 0.25) is 0 Å². The molecule has 4 aromatic heterocycles. The van der Waals surface area contributed by atoms with E-state index in [1.165, 1.54) is 83.5 Å². The van der Waals surface area contributed by atoms with E-state index in [1.807, 2.05) is 18.2 Å². The molecule has 0 bridgehead atoms. The maximum Gasteiger partial charge on any atom is 0.0777 e. The van der Waals surface area contributed by atoms with Crippen molar-refractivity contribution in [3.05, 3.63) is 167 Å². The fraction of sp³-hybridized carbons (Fsp3) is 0.192. The van der Waals surface area contributed by atoms with Gasteiger partial charge in [-0.2, -0.15) is 0 Å². The summed E-state index contributed by atoms with van der Waals surface area (Å²) < 4.78 is 4.44. The van der Waals surface area contributed by atoms with Gasteiger partial charge in [0.05, 0.1) is 22.7 Å². The fourth-order valence-electron chi connectivity index (χ4n) is 8.94. The van der Waals surface area contributed by atoms with Crippen LogP contribution in [-0.4, -0.2) is 18.8 Å². The minimum absolute atomic E-state index is 0. The van der Waals surface area contributed by atoms with Crippen molar-refractivity contribution in [2.24, 2.45) is 5.92 Å². The normalized spacial score (nSPS) is 12.1. The van der Waals surface area contributed by atoms with Gasteiger partial charge in [-0.15, -0.1) is 59.3 Å². The topological polar surface area (TPSA) is 34.6 Å². The van der Waals surface area contributed by atoms with Crippen molar-refractivity contribution in [3.63, 3.8) is 0 Å². The number of benzene rings is 6. The first kappa shape index (κ1) is 38.3. The molecule has 5 heteroatoms. The molecule has 1 atom stereocenters. The van der Waals surface area contributed by atoms with Crippen LogP contribution in [0.4, 0.5) is 0 Å². The van der Waals surface area contributed by atoms with Gasteiger partial charge in [0.2, 0.25) is 0 Å². The fourth-order valence-corrected chi connectivity index (χ4v) is 8.94. The molecule has 285 valence electrons. The van der Waals surface area contributed by atoms with Crippen LogP contribution in [0.25, 0.3) is 77.2 Å². The first-order valence-corrected chi connectivity index (χ1v) is 19.8. The van der Waals surface area contributed by atoms with E-state index in [1.54, 1.807) is 0 Å². The number of aromatic nitrogens is 4. The van der Waals surface area contributed by atoms with E-state index in [2.05, 4.69) is 173 Å². The molecule has 6 aromatic carbocycles. The van der Waals surface area contributed by atoms with Crippen molar-refractivity contribution in [1.82, 2.24) is 18.8 Å². The maximum absolute atomic E-state index is 5.12. The van der Waals surface area contributed by atoms with Crippen LogP contribution in [0.1, 0.15) is 53.6 Å². The second-order valence-electron chi connectivity index (χ2n) is 15.7. The molecule has 57 heavy (non-hydrogen) atoms. The van der Waals surface area contributed by atoms with Gasteiger partial charge >= 0.3 is 0 Å². The van der Waals surface area contributed by atoms with Crippen LogP contribution < -0.4 is 0 Å². The third-order valence-corrected chi connectivity index (χ3v) is 11.5. The molecule has 4 nitrogen and oxygen atoms in total. The van der Waals surface area contributed by atoms with Crippen LogP contribution in [0, 0.1) is 52.7 Å². The third-order valence-electron chi connectivity index (χ3n) is 11.5. The molecule has 0 saturated carbocycles. The Hall–Kier alpha value is -5.61. The Kier molecular flexibility index (Phi) is 10.3. The summed E-state index contributed by atoms with van der Waals surface area (Å²) in [7, 11) is 0. The molecule has 1 unspecified atom stereocenters. The maximum atomic E-state index is 5.12. The zero-order valence-corrected chi connectivity index (χ0v) is 36.1. The van der Waals surface area contributed by atoms with Crippen molar-refractivity contribution in [2.75, 3.05) is 0 Å². The standard InChI is InChI=1S/C28H27N2.C24H19N2.Ir/c1-5-18(2)14-21-15-19(3)27(20(4)16-21)25-17-30-26-13-9-8-11-23(26)22-10-6-7-12-24(22)28(30)29-25;1-15-12-16(2)23(17(3)13-15)21-14-26-22-11-7-6-9-19(22)18-8-4-5-10-20(18)24(26)25-21;/h6-11,13,15-18H,5,14H2,1-4H3;4-9,11-14H,1-3H3;/q2*-1;. The molecule has 0 spiro atoms. The van der Waals surface area contributed by atoms with E-state index in [0.29, 0.717) is 5.92 Å². The van der Waals surface area contributed by atoms with Crippen LogP contribution in [-0.2, 0) is 26.5 Å². The van der Waals surface area contributed by atoms with E-state index in [0.717, 1.165) is 39.9 Å². The van der Waals surface area contributed by atoms with Crippen molar-refractivity contribution < 1.29 is 20.1 Å². The summed E-state index contributed by atoms with van der Waals surface area (Å²) in [5.74, 6) is 0.707. The van der Waals surface area contributed by atoms with Crippen molar-refractivity contribution in [1.29, 1.82) is 0 Å². The molecule has 1 radical (unpaired) electrons. The Morgan fingerprint density at radius 3 is 1.44 bits per heavy atom. The molecule has 0 fully saturated rings. The summed E-state index contributed by atoms with van der Waals surface area (Å²) >= 11 is 0. The number of rotatable bonds is 5. The number of hydrogen-bond donors (Lipinski definition) is 0. The first-order chi connectivity index (χ1) is 27.2. The van der Waals surface area contributed by atoms with Gasteiger partial charge in [-0.3, -0.25) is 9.97 Å². The van der Waals surface area contributed by atoms with Gasteiger partial charge in [0.15, 0.2) is 0 Å². The quantitative estimate of drug-likeness (QED) is 0.127. The van der Waals surface area contributed by atoms with Gasteiger partial charge in [0.1, 0.15) is 0 Å². The molecule has 4 heterocycles. The largest absolute Gasteiger partial charge is 0.339 e. The molecular formula is C52H46IrN4-2.